The molecule has 5 aromatic rings. The van der Waals surface area contributed by atoms with E-state index in [9.17, 15) is 14.7 Å². The summed E-state index contributed by atoms with van der Waals surface area (Å²) in [6.45, 7) is 3.22. The van der Waals surface area contributed by atoms with Crippen molar-refractivity contribution < 1.29 is 14.6 Å². The van der Waals surface area contributed by atoms with Crippen LogP contribution < -0.4 is 26.2 Å². The molecule has 7 rings (SSSR count). The van der Waals surface area contributed by atoms with Crippen LogP contribution in [-0.4, -0.2) is 56.7 Å². The summed E-state index contributed by atoms with van der Waals surface area (Å²) < 4.78 is 7.16. The minimum Gasteiger partial charge on any atom is -0.481 e. The van der Waals surface area contributed by atoms with Gasteiger partial charge in [-0.15, -0.1) is 0 Å². The normalized spacial score (nSPS) is 20.0. The van der Waals surface area contributed by atoms with Crippen molar-refractivity contribution in [2.75, 3.05) is 13.7 Å². The Hall–Kier alpha value is -4.03. The highest BCUT2D eigenvalue weighted by atomic mass is 35.5. The van der Waals surface area contributed by atoms with E-state index in [1.807, 2.05) is 55.5 Å². The van der Waals surface area contributed by atoms with Gasteiger partial charge in [-0.25, -0.2) is 9.97 Å². The van der Waals surface area contributed by atoms with Crippen LogP contribution in [-0.2, 0) is 17.9 Å². The number of amides is 1. The van der Waals surface area contributed by atoms with Gasteiger partial charge in [0.1, 0.15) is 5.65 Å². The Labute approximate surface area is 310 Å². The average molecular weight is 748 g/mol. The Morgan fingerprint density at radius 2 is 1.71 bits per heavy atom. The number of hydrogen-bond donors (Lipinski definition) is 4. The first kappa shape index (κ1) is 35.4. The van der Waals surface area contributed by atoms with Gasteiger partial charge in [0.15, 0.2) is 0 Å². The number of ether oxygens (including phenoxy) is 1. The molecule has 1 aliphatic carbocycles. The molecule has 2 aromatic carbocycles. The Kier molecular flexibility index (Phi) is 10.1. The second kappa shape index (κ2) is 14.5. The molecule has 1 saturated carbocycles. The van der Waals surface area contributed by atoms with Gasteiger partial charge in [0.05, 0.1) is 39.0 Å². The number of carbonyl (C=O) groups excluding carboxylic acids is 1. The lowest BCUT2D eigenvalue weighted by Gasteiger charge is -2.41. The van der Waals surface area contributed by atoms with Gasteiger partial charge in [-0.3, -0.25) is 14.0 Å². The van der Waals surface area contributed by atoms with Crippen LogP contribution >= 0.6 is 34.8 Å². The smallest absolute Gasteiger partial charge is 0.262 e. The molecular weight excluding hydrogens is 711 g/mol. The summed E-state index contributed by atoms with van der Waals surface area (Å²) in [5.74, 6) is 0.446. The van der Waals surface area contributed by atoms with Gasteiger partial charge in [-0.2, -0.15) is 0 Å². The second-order valence-corrected chi connectivity index (χ2v) is 14.6. The molecule has 3 aromatic heterocycles. The first-order valence-corrected chi connectivity index (χ1v) is 17.9. The van der Waals surface area contributed by atoms with E-state index in [1.54, 1.807) is 25.6 Å². The summed E-state index contributed by atoms with van der Waals surface area (Å²) in [4.78, 5) is 34.1. The van der Waals surface area contributed by atoms with Crippen molar-refractivity contribution in [3.05, 3.63) is 104 Å². The van der Waals surface area contributed by atoms with Crippen molar-refractivity contribution in [1.29, 1.82) is 0 Å². The molecule has 4 N–H and O–H groups in total. The lowest BCUT2D eigenvalue weighted by molar-refractivity contribution is -0.119. The number of pyridine rings is 2. The number of carbonyl (C=O) groups is 1. The topological polar surface area (TPSA) is 130 Å². The molecule has 1 amide bonds. The standard InChI is InChI=1S/C38H37Cl3N6O4/c1-38(50)15-24(16-38)43-17-22-18-44-32-13-21(11-12-47(32)37(22)49)25-5-3-6-26(34(25)40)27-7-4-8-28(35(27)41)31-14-30(39)29(36(46-31)51-2)20-42-19-23-9-10-33(48)45-23/h3-8,11-14,18,23-24,42-43,50H,9-10,15-17,19-20H2,1-2H3,(H,45,48)/t23-,24-,38-/m0/s1. The molecule has 0 bridgehead atoms. The van der Waals surface area contributed by atoms with E-state index in [2.05, 4.69) is 20.9 Å². The van der Waals surface area contributed by atoms with E-state index in [1.165, 1.54) is 4.40 Å². The summed E-state index contributed by atoms with van der Waals surface area (Å²) >= 11 is 21.0. The molecule has 0 spiro atoms. The number of halogens is 3. The third kappa shape index (κ3) is 7.35. The number of aliphatic hydroxyl groups is 1. The first-order valence-electron chi connectivity index (χ1n) is 16.8. The molecule has 13 heteroatoms. The Balaban J connectivity index is 1.13. The number of fused-ring (bicyclic) bond motifs is 1. The van der Waals surface area contributed by atoms with Gasteiger partial charge in [-0.05, 0) is 49.9 Å². The van der Waals surface area contributed by atoms with Gasteiger partial charge < -0.3 is 25.8 Å². The zero-order valence-corrected chi connectivity index (χ0v) is 30.4. The molecule has 2 aliphatic rings. The van der Waals surface area contributed by atoms with Crippen LogP contribution in [0.1, 0.15) is 43.7 Å². The highest BCUT2D eigenvalue weighted by molar-refractivity contribution is 6.39. The maximum atomic E-state index is 13.3. The SMILES string of the molecule is COc1nc(-c2cccc(-c3cccc(-c4ccn5c(=O)c(CN[C@H]6C[C@](C)(O)C6)cnc5c4)c3Cl)c2Cl)cc(Cl)c1CNC[C@@H]1CCC(=O)N1. The maximum absolute atomic E-state index is 13.3. The van der Waals surface area contributed by atoms with Gasteiger partial charge in [0, 0.05) is 78.3 Å². The first-order chi connectivity index (χ1) is 24.5. The third-order valence-corrected chi connectivity index (χ3v) is 10.8. The lowest BCUT2D eigenvalue weighted by atomic mass is 9.77. The highest BCUT2D eigenvalue weighted by Crippen LogP contribution is 2.43. The van der Waals surface area contributed by atoms with Crippen molar-refractivity contribution >= 4 is 46.4 Å². The number of nitrogens with one attached hydrogen (secondary N) is 3. The maximum Gasteiger partial charge on any atom is 0.262 e. The van der Waals surface area contributed by atoms with Gasteiger partial charge in [0.2, 0.25) is 11.8 Å². The van der Waals surface area contributed by atoms with E-state index in [-0.39, 0.29) is 23.6 Å². The molecular formula is C38H37Cl3N6O4. The fourth-order valence-corrected chi connectivity index (χ4v) is 7.80. The Morgan fingerprint density at radius 1 is 1.00 bits per heavy atom. The van der Waals surface area contributed by atoms with Gasteiger partial charge in [-0.1, -0.05) is 71.2 Å². The lowest BCUT2D eigenvalue weighted by Crippen LogP contribution is -2.51. The number of aromatic nitrogens is 3. The molecule has 1 atom stereocenters. The minimum atomic E-state index is -0.639. The molecule has 4 heterocycles. The number of nitrogens with zero attached hydrogens (tertiary/aromatic N) is 3. The summed E-state index contributed by atoms with van der Waals surface area (Å²) in [7, 11) is 1.55. The quantitative estimate of drug-likeness (QED) is 0.122. The van der Waals surface area contributed by atoms with E-state index < -0.39 is 5.60 Å². The van der Waals surface area contributed by atoms with Gasteiger partial charge >= 0.3 is 0 Å². The van der Waals surface area contributed by atoms with Crippen molar-refractivity contribution in [2.24, 2.45) is 0 Å². The predicted octanol–water partition coefficient (Wildman–Crippen LogP) is 6.43. The van der Waals surface area contributed by atoms with E-state index >= 15 is 0 Å². The molecule has 1 saturated heterocycles. The van der Waals surface area contributed by atoms with Crippen LogP contribution in [0.2, 0.25) is 15.1 Å². The molecule has 51 heavy (non-hydrogen) atoms. The fourth-order valence-electron chi connectivity index (χ4n) is 6.89. The number of hydrogen-bond acceptors (Lipinski definition) is 8. The van der Waals surface area contributed by atoms with Crippen LogP contribution in [0.4, 0.5) is 0 Å². The van der Waals surface area contributed by atoms with Crippen LogP contribution in [0.15, 0.2) is 71.8 Å². The monoisotopic (exact) mass is 746 g/mol. The van der Waals surface area contributed by atoms with Crippen molar-refractivity contribution in [3.63, 3.8) is 0 Å². The Morgan fingerprint density at radius 3 is 2.39 bits per heavy atom. The van der Waals surface area contributed by atoms with Crippen LogP contribution in [0.5, 0.6) is 5.88 Å². The molecule has 1 aliphatic heterocycles. The Bertz CT molecular complexity index is 2200. The van der Waals surface area contributed by atoms with E-state index in [0.717, 1.165) is 23.1 Å². The molecule has 264 valence electrons. The van der Waals surface area contributed by atoms with Crippen LogP contribution in [0.25, 0.3) is 39.2 Å². The van der Waals surface area contributed by atoms with Crippen molar-refractivity contribution in [2.45, 2.75) is 63.4 Å². The van der Waals surface area contributed by atoms with E-state index in [0.29, 0.717) is 93.4 Å². The largest absolute Gasteiger partial charge is 0.481 e. The molecule has 10 nitrogen and oxygen atoms in total. The zero-order valence-electron chi connectivity index (χ0n) is 28.1. The average Bonchev–Trinajstić information content (AvgIpc) is 3.52. The van der Waals surface area contributed by atoms with E-state index in [4.69, 9.17) is 44.5 Å². The molecule has 0 unspecified atom stereocenters. The number of methoxy groups -OCH3 is 1. The summed E-state index contributed by atoms with van der Waals surface area (Å²) in [6.07, 6.45) is 5.96. The van der Waals surface area contributed by atoms with Crippen LogP contribution in [0.3, 0.4) is 0 Å². The van der Waals surface area contributed by atoms with Gasteiger partial charge in [0.25, 0.3) is 5.56 Å². The summed E-state index contributed by atoms with van der Waals surface area (Å²) in [5, 5.41) is 21.0. The van der Waals surface area contributed by atoms with Crippen LogP contribution in [0, 0.1) is 0 Å². The second-order valence-electron chi connectivity index (χ2n) is 13.5. The fraction of sp³-hybridized carbons (Fsp3) is 0.316. The van der Waals surface area contributed by atoms with Crippen molar-refractivity contribution in [3.8, 4) is 39.4 Å². The minimum absolute atomic E-state index is 0.0689. The zero-order chi connectivity index (χ0) is 35.9. The number of rotatable bonds is 11. The third-order valence-electron chi connectivity index (χ3n) is 9.61. The summed E-state index contributed by atoms with van der Waals surface area (Å²) in [6, 6.07) is 17.1. The molecule has 2 fully saturated rings. The predicted molar refractivity (Wildman–Crippen MR) is 201 cm³/mol. The highest BCUT2D eigenvalue weighted by Gasteiger charge is 2.37. The number of benzene rings is 2. The molecule has 0 radical (unpaired) electrons. The van der Waals surface area contributed by atoms with Crippen molar-refractivity contribution in [1.82, 2.24) is 30.3 Å². The summed E-state index contributed by atoms with van der Waals surface area (Å²) in [5.41, 5.74) is 5.15.